The third kappa shape index (κ3) is 7.08. The van der Waals surface area contributed by atoms with Crippen LogP contribution in [-0.2, 0) is 9.47 Å². The molecule has 2 aromatic heterocycles. The summed E-state index contributed by atoms with van der Waals surface area (Å²) in [6, 6.07) is 6.26. The zero-order valence-corrected chi connectivity index (χ0v) is 29.1. The predicted octanol–water partition coefficient (Wildman–Crippen LogP) is 7.36. The van der Waals surface area contributed by atoms with Crippen LogP contribution in [-0.4, -0.2) is 84.2 Å². The van der Waals surface area contributed by atoms with E-state index in [0.29, 0.717) is 46.2 Å². The molecule has 6 aliphatic heterocycles. The summed E-state index contributed by atoms with van der Waals surface area (Å²) in [5, 5.41) is 1.18. The molecule has 0 atom stereocenters. The number of carbonyl (C=O) groups excluding carboxylic acids is 2. The molecule has 6 aliphatic rings. The molecular weight excluding hydrogens is 661 g/mol. The Balaban J connectivity index is 0.000000180. The molecule has 4 aromatic rings. The van der Waals surface area contributed by atoms with E-state index in [1.54, 1.807) is 38.4 Å². The molecule has 2 aromatic carbocycles. The van der Waals surface area contributed by atoms with Crippen molar-refractivity contribution in [2.45, 2.75) is 52.4 Å². The molecule has 48 heavy (non-hydrogen) atoms. The maximum Gasteiger partial charge on any atom is 0.340 e. The fourth-order valence-corrected chi connectivity index (χ4v) is 7.66. The number of fused-ring (bicyclic) bond motifs is 8. The van der Waals surface area contributed by atoms with E-state index in [0.717, 1.165) is 88.8 Å². The van der Waals surface area contributed by atoms with Gasteiger partial charge in [-0.3, -0.25) is 0 Å². The minimum Gasteiger partial charge on any atom is -0.461 e. The summed E-state index contributed by atoms with van der Waals surface area (Å²) in [7, 11) is 0. The van der Waals surface area contributed by atoms with Crippen LogP contribution in [0.4, 0.5) is 8.78 Å². The van der Waals surface area contributed by atoms with Crippen LogP contribution < -0.4 is 0 Å². The monoisotopic (exact) mass is 704 g/mol. The maximum absolute atomic E-state index is 13.8. The Hall–Kier alpha value is -3.18. The highest BCUT2D eigenvalue weighted by Crippen LogP contribution is 2.41. The van der Waals surface area contributed by atoms with Gasteiger partial charge in [0.15, 0.2) is 0 Å². The summed E-state index contributed by atoms with van der Waals surface area (Å²) in [5.74, 6) is -1.32. The number of H-pyrrole nitrogens is 2. The molecule has 0 amide bonds. The molecule has 0 saturated carbocycles. The average Bonchev–Trinajstić information content (AvgIpc) is 3.68. The molecule has 0 spiro atoms. The predicted molar refractivity (Wildman–Crippen MR) is 186 cm³/mol. The lowest BCUT2D eigenvalue weighted by atomic mass is 9.73. The number of aryl methyl sites for hydroxylation is 2. The van der Waals surface area contributed by atoms with Crippen LogP contribution in [0.25, 0.3) is 21.8 Å². The molecular formula is C36H44Cl2F2N4O4. The van der Waals surface area contributed by atoms with Crippen LogP contribution in [0.15, 0.2) is 36.7 Å². The number of nitrogens with one attached hydrogen (secondary N) is 2. The van der Waals surface area contributed by atoms with E-state index in [1.807, 2.05) is 0 Å². The third-order valence-electron chi connectivity index (χ3n) is 11.1. The molecule has 4 bridgehead atoms. The summed E-state index contributed by atoms with van der Waals surface area (Å²) >= 11 is 0. The van der Waals surface area contributed by atoms with E-state index in [4.69, 9.17) is 9.47 Å². The first-order valence-electron chi connectivity index (χ1n) is 16.5. The van der Waals surface area contributed by atoms with Gasteiger partial charge in [-0.25, -0.2) is 18.4 Å². The van der Waals surface area contributed by atoms with Crippen molar-refractivity contribution in [3.63, 3.8) is 0 Å². The van der Waals surface area contributed by atoms with Gasteiger partial charge in [0.1, 0.15) is 11.6 Å². The van der Waals surface area contributed by atoms with Gasteiger partial charge in [-0.2, -0.15) is 0 Å². The van der Waals surface area contributed by atoms with Crippen LogP contribution >= 0.6 is 24.8 Å². The first-order valence-corrected chi connectivity index (χ1v) is 16.5. The van der Waals surface area contributed by atoms with Crippen molar-refractivity contribution < 1.29 is 27.8 Å². The number of nitrogens with zero attached hydrogens (tertiary/aromatic N) is 2. The van der Waals surface area contributed by atoms with Crippen molar-refractivity contribution in [3.05, 3.63) is 70.5 Å². The van der Waals surface area contributed by atoms with Crippen molar-refractivity contribution in [2.24, 2.45) is 10.8 Å². The zero-order chi connectivity index (χ0) is 32.1. The van der Waals surface area contributed by atoms with Crippen molar-refractivity contribution in [2.75, 3.05) is 52.5 Å². The number of rotatable bonds is 6. The Bertz CT molecular complexity index is 1630. The minimum absolute atomic E-state index is 0. The lowest BCUT2D eigenvalue weighted by Crippen LogP contribution is -2.50. The molecule has 0 unspecified atom stereocenters. The Labute approximate surface area is 291 Å². The van der Waals surface area contributed by atoms with E-state index in [9.17, 15) is 18.4 Å². The second-order valence-corrected chi connectivity index (χ2v) is 14.0. The number of aromatic amines is 2. The Morgan fingerprint density at radius 1 is 0.646 bits per heavy atom. The largest absolute Gasteiger partial charge is 0.461 e. The Morgan fingerprint density at radius 2 is 0.979 bits per heavy atom. The Kier molecular flexibility index (Phi) is 10.8. The standard InChI is InChI=1S/2C18H21FN2O2.2ClH/c2*1-12-8-16-13(9-15(12)19)14(10-20-16)17(22)23-11-18-2-5-21(6-3-18)7-4-18;;/h2*8-10,20H,2-7,11H2,1H3;2*1H. The van der Waals surface area contributed by atoms with Crippen LogP contribution in [0.2, 0.25) is 0 Å². The molecule has 12 heteroatoms. The summed E-state index contributed by atoms with van der Waals surface area (Å²) in [5.41, 5.74) is 3.79. The number of benzene rings is 2. The van der Waals surface area contributed by atoms with Gasteiger partial charge in [-0.1, -0.05) is 0 Å². The van der Waals surface area contributed by atoms with Gasteiger partial charge in [0, 0.05) is 45.0 Å². The molecule has 8 nitrogen and oxygen atoms in total. The first-order chi connectivity index (χ1) is 22.1. The molecule has 8 heterocycles. The van der Waals surface area contributed by atoms with Gasteiger partial charge in [0.05, 0.1) is 24.3 Å². The van der Waals surface area contributed by atoms with Gasteiger partial charge in [0.25, 0.3) is 0 Å². The van der Waals surface area contributed by atoms with Gasteiger partial charge < -0.3 is 29.2 Å². The zero-order valence-electron chi connectivity index (χ0n) is 27.5. The molecule has 2 N–H and O–H groups in total. The van der Waals surface area contributed by atoms with E-state index in [-0.39, 0.29) is 59.2 Å². The lowest BCUT2D eigenvalue weighted by molar-refractivity contribution is -0.0305. The van der Waals surface area contributed by atoms with Gasteiger partial charge >= 0.3 is 11.9 Å². The SMILES string of the molecule is Cc1cc2[nH]cc(C(=O)OCC34CCN(CC3)CC4)c2cc1F.Cc1cc2[nH]cc(C(=O)OCC34CCN(CC3)CC4)c2cc1F.Cl.Cl. The smallest absolute Gasteiger partial charge is 0.340 e. The molecule has 6 fully saturated rings. The fourth-order valence-electron chi connectivity index (χ4n) is 7.66. The van der Waals surface area contributed by atoms with Crippen molar-refractivity contribution in [3.8, 4) is 0 Å². The van der Waals surface area contributed by atoms with Crippen molar-refractivity contribution in [1.82, 2.24) is 19.8 Å². The van der Waals surface area contributed by atoms with Gasteiger partial charge in [0.2, 0.25) is 0 Å². The minimum atomic E-state index is -0.359. The van der Waals surface area contributed by atoms with Crippen LogP contribution in [0.3, 0.4) is 0 Å². The number of hydrogen-bond donors (Lipinski definition) is 2. The normalized spacial score (nSPS) is 25.5. The molecule has 0 aliphatic carbocycles. The number of carbonyl (C=O) groups is 2. The third-order valence-corrected chi connectivity index (χ3v) is 11.1. The Morgan fingerprint density at radius 3 is 1.31 bits per heavy atom. The van der Waals surface area contributed by atoms with Gasteiger partial charge in [-0.05, 0) is 127 Å². The molecule has 10 rings (SSSR count). The van der Waals surface area contributed by atoms with E-state index >= 15 is 0 Å². The summed E-state index contributed by atoms with van der Waals surface area (Å²) in [4.78, 5) is 35.9. The molecule has 0 radical (unpaired) electrons. The summed E-state index contributed by atoms with van der Waals surface area (Å²) in [6.45, 7) is 11.0. The van der Waals surface area contributed by atoms with Crippen LogP contribution in [0.5, 0.6) is 0 Å². The highest BCUT2D eigenvalue weighted by molar-refractivity contribution is 6.05. The van der Waals surface area contributed by atoms with Gasteiger partial charge in [-0.15, -0.1) is 24.8 Å². The number of halogens is 4. The fraction of sp³-hybridized carbons (Fsp3) is 0.500. The second kappa shape index (κ2) is 14.4. The van der Waals surface area contributed by atoms with Crippen molar-refractivity contribution in [1.29, 1.82) is 0 Å². The topological polar surface area (TPSA) is 90.7 Å². The first kappa shape index (κ1) is 36.1. The van der Waals surface area contributed by atoms with E-state index in [1.165, 1.54) is 12.1 Å². The highest BCUT2D eigenvalue weighted by atomic mass is 35.5. The van der Waals surface area contributed by atoms with Crippen LogP contribution in [0, 0.1) is 36.3 Å². The van der Waals surface area contributed by atoms with Crippen LogP contribution in [0.1, 0.15) is 70.4 Å². The van der Waals surface area contributed by atoms with E-state index < -0.39 is 0 Å². The van der Waals surface area contributed by atoms with Crippen molar-refractivity contribution >= 4 is 58.6 Å². The maximum atomic E-state index is 13.8. The number of aromatic nitrogens is 2. The lowest BCUT2D eigenvalue weighted by Gasteiger charge is -2.47. The molecule has 260 valence electrons. The molecule has 6 saturated heterocycles. The number of hydrogen-bond acceptors (Lipinski definition) is 6. The number of esters is 2. The number of piperidine rings is 6. The number of ether oxygens (including phenoxy) is 2. The highest BCUT2D eigenvalue weighted by Gasteiger charge is 2.41. The van der Waals surface area contributed by atoms with E-state index in [2.05, 4.69) is 19.8 Å². The summed E-state index contributed by atoms with van der Waals surface area (Å²) < 4.78 is 38.8. The quantitative estimate of drug-likeness (QED) is 0.204. The average molecular weight is 706 g/mol. The summed E-state index contributed by atoms with van der Waals surface area (Å²) in [6.07, 6.45) is 9.83. The second-order valence-electron chi connectivity index (χ2n) is 14.0.